The van der Waals surface area contributed by atoms with Gasteiger partial charge in [0.1, 0.15) is 0 Å². The maximum atomic E-state index is 12.1. The van der Waals surface area contributed by atoms with Crippen LogP contribution in [0.2, 0.25) is 0 Å². The normalized spacial score (nSPS) is 34.6. The van der Waals surface area contributed by atoms with Crippen molar-refractivity contribution in [2.75, 3.05) is 13.2 Å². The molecule has 18 heavy (non-hydrogen) atoms. The molecule has 0 aromatic heterocycles. The minimum absolute atomic E-state index is 0.00137. The Morgan fingerprint density at radius 2 is 1.94 bits per heavy atom. The summed E-state index contributed by atoms with van der Waals surface area (Å²) in [5.74, 6) is -2.08. The molecule has 1 amide bonds. The Morgan fingerprint density at radius 1 is 1.33 bits per heavy atom. The molecule has 0 spiro atoms. The number of aliphatic carboxylic acids is 1. The van der Waals surface area contributed by atoms with E-state index >= 15 is 0 Å². The van der Waals surface area contributed by atoms with Crippen molar-refractivity contribution in [2.45, 2.75) is 13.3 Å². The van der Waals surface area contributed by atoms with Crippen LogP contribution in [-0.2, 0) is 9.59 Å². The molecule has 5 nitrogen and oxygen atoms in total. The Hall–Kier alpha value is -1.36. The lowest BCUT2D eigenvalue weighted by Gasteiger charge is -2.24. The summed E-state index contributed by atoms with van der Waals surface area (Å²) in [6.45, 7) is 2.23. The van der Waals surface area contributed by atoms with Crippen molar-refractivity contribution in [3.05, 3.63) is 12.2 Å². The highest BCUT2D eigenvalue weighted by Crippen LogP contribution is 2.48. The van der Waals surface area contributed by atoms with Crippen LogP contribution >= 0.6 is 0 Å². The summed E-state index contributed by atoms with van der Waals surface area (Å²) < 4.78 is 0. The van der Waals surface area contributed by atoms with Gasteiger partial charge in [-0.05, 0) is 24.2 Å². The van der Waals surface area contributed by atoms with E-state index in [2.05, 4.69) is 5.32 Å². The molecule has 2 aliphatic rings. The van der Waals surface area contributed by atoms with Gasteiger partial charge in [-0.1, -0.05) is 19.1 Å². The first-order valence-electron chi connectivity index (χ1n) is 6.34. The van der Waals surface area contributed by atoms with Crippen molar-refractivity contribution in [1.82, 2.24) is 5.32 Å². The highest BCUT2D eigenvalue weighted by Gasteiger charge is 2.51. The van der Waals surface area contributed by atoms with Crippen molar-refractivity contribution < 1.29 is 19.8 Å². The zero-order chi connectivity index (χ0) is 13.3. The van der Waals surface area contributed by atoms with Gasteiger partial charge < -0.3 is 15.5 Å². The van der Waals surface area contributed by atoms with Gasteiger partial charge in [-0.2, -0.15) is 0 Å². The number of carbonyl (C=O) groups is 2. The predicted octanol–water partition coefficient (Wildman–Crippen LogP) is 0.254. The van der Waals surface area contributed by atoms with Crippen molar-refractivity contribution in [2.24, 2.45) is 29.6 Å². The smallest absolute Gasteiger partial charge is 0.307 e. The average Bonchev–Trinajstić information content (AvgIpc) is 2.95. The van der Waals surface area contributed by atoms with Gasteiger partial charge in [-0.3, -0.25) is 9.59 Å². The standard InChI is InChI=1S/C13H19NO4/c1-7(6-15)5-14-12(16)10-8-2-3-9(4-8)11(10)13(17)18/h2-3,7-11,15H,4-6H2,1H3,(H,14,16)(H,17,18)/t7?,8?,9?,10-,11+/m0/s1. The molecule has 3 unspecified atom stereocenters. The van der Waals surface area contributed by atoms with Crippen LogP contribution in [0.1, 0.15) is 13.3 Å². The third-order valence-corrected chi connectivity index (χ3v) is 3.98. The number of carboxylic acid groups (broad SMARTS) is 1. The SMILES string of the molecule is CC(CO)CNC(=O)[C@H]1C2C=CC(C2)[C@H]1C(=O)O. The average molecular weight is 253 g/mol. The van der Waals surface area contributed by atoms with E-state index in [1.807, 2.05) is 19.1 Å². The topological polar surface area (TPSA) is 86.6 Å². The second kappa shape index (κ2) is 5.10. The molecule has 5 atom stereocenters. The molecular formula is C13H19NO4. The maximum Gasteiger partial charge on any atom is 0.307 e. The molecule has 0 aliphatic heterocycles. The Kier molecular flexibility index (Phi) is 3.71. The van der Waals surface area contributed by atoms with E-state index in [1.165, 1.54) is 0 Å². The van der Waals surface area contributed by atoms with Gasteiger partial charge in [0.05, 0.1) is 11.8 Å². The van der Waals surface area contributed by atoms with Gasteiger partial charge in [0.2, 0.25) is 5.91 Å². The monoisotopic (exact) mass is 253 g/mol. The highest BCUT2D eigenvalue weighted by molar-refractivity contribution is 5.86. The van der Waals surface area contributed by atoms with Crippen LogP contribution in [0.25, 0.3) is 0 Å². The molecule has 2 aliphatic carbocycles. The highest BCUT2D eigenvalue weighted by atomic mass is 16.4. The first-order valence-corrected chi connectivity index (χ1v) is 6.34. The van der Waals surface area contributed by atoms with E-state index in [0.29, 0.717) is 6.54 Å². The van der Waals surface area contributed by atoms with Crippen molar-refractivity contribution >= 4 is 11.9 Å². The summed E-state index contributed by atoms with van der Waals surface area (Å²) in [6.07, 6.45) is 4.65. The molecule has 0 saturated heterocycles. The van der Waals surface area contributed by atoms with E-state index in [0.717, 1.165) is 6.42 Å². The molecule has 2 rings (SSSR count). The number of nitrogens with one attached hydrogen (secondary N) is 1. The number of carbonyl (C=O) groups excluding carboxylic acids is 1. The van der Waals surface area contributed by atoms with E-state index in [4.69, 9.17) is 5.11 Å². The molecule has 0 aromatic rings. The number of aliphatic hydroxyl groups excluding tert-OH is 1. The lowest BCUT2D eigenvalue weighted by atomic mass is 9.82. The third kappa shape index (κ3) is 2.27. The van der Waals surface area contributed by atoms with Crippen LogP contribution in [0.4, 0.5) is 0 Å². The minimum atomic E-state index is -0.887. The van der Waals surface area contributed by atoms with Crippen molar-refractivity contribution in [3.8, 4) is 0 Å². The third-order valence-electron chi connectivity index (χ3n) is 3.98. The summed E-state index contributed by atoms with van der Waals surface area (Å²) in [4.78, 5) is 23.3. The number of hydrogen-bond acceptors (Lipinski definition) is 3. The molecule has 0 heterocycles. The number of amides is 1. The van der Waals surface area contributed by atoms with E-state index in [1.54, 1.807) is 0 Å². The summed E-state index contributed by atoms with van der Waals surface area (Å²) in [5.41, 5.74) is 0. The van der Waals surface area contributed by atoms with Gasteiger partial charge >= 0.3 is 5.97 Å². The van der Waals surface area contributed by atoms with E-state index < -0.39 is 17.8 Å². The second-order valence-electron chi connectivity index (χ2n) is 5.37. The molecule has 3 N–H and O–H groups in total. The van der Waals surface area contributed by atoms with Crippen molar-refractivity contribution in [3.63, 3.8) is 0 Å². The van der Waals surface area contributed by atoms with E-state index in [9.17, 15) is 14.7 Å². The van der Waals surface area contributed by atoms with Crippen LogP contribution in [0.5, 0.6) is 0 Å². The number of fused-ring (bicyclic) bond motifs is 2. The fourth-order valence-electron chi connectivity index (χ4n) is 2.97. The Morgan fingerprint density at radius 3 is 2.50 bits per heavy atom. The first kappa shape index (κ1) is 13.1. The van der Waals surface area contributed by atoms with Crippen LogP contribution in [0.15, 0.2) is 12.2 Å². The zero-order valence-corrected chi connectivity index (χ0v) is 10.4. The lowest BCUT2D eigenvalue weighted by molar-refractivity contribution is -0.147. The molecule has 2 bridgehead atoms. The molecule has 0 radical (unpaired) electrons. The number of allylic oxidation sites excluding steroid dienone is 2. The van der Waals surface area contributed by atoms with Crippen molar-refractivity contribution in [1.29, 1.82) is 0 Å². The molecule has 100 valence electrons. The maximum absolute atomic E-state index is 12.1. The Balaban J connectivity index is 2.01. The van der Waals surface area contributed by atoms with Crippen LogP contribution in [-0.4, -0.2) is 35.2 Å². The zero-order valence-electron chi connectivity index (χ0n) is 10.4. The van der Waals surface area contributed by atoms with Gasteiger partial charge in [0, 0.05) is 13.2 Å². The van der Waals surface area contributed by atoms with Gasteiger partial charge in [-0.25, -0.2) is 0 Å². The summed E-state index contributed by atoms with van der Waals surface area (Å²) in [5, 5.41) is 20.9. The van der Waals surface area contributed by atoms with Crippen LogP contribution in [0.3, 0.4) is 0 Å². The Labute approximate surface area is 106 Å². The lowest BCUT2D eigenvalue weighted by Crippen LogP contribution is -2.41. The van der Waals surface area contributed by atoms with Gasteiger partial charge in [0.25, 0.3) is 0 Å². The second-order valence-corrected chi connectivity index (χ2v) is 5.37. The summed E-state index contributed by atoms with van der Waals surface area (Å²) >= 11 is 0. The van der Waals surface area contributed by atoms with Gasteiger partial charge in [0.15, 0.2) is 0 Å². The summed E-state index contributed by atoms with van der Waals surface area (Å²) in [7, 11) is 0. The van der Waals surface area contributed by atoms with Crippen LogP contribution < -0.4 is 5.32 Å². The fraction of sp³-hybridized carbons (Fsp3) is 0.692. The molecule has 1 saturated carbocycles. The molecule has 0 aromatic carbocycles. The van der Waals surface area contributed by atoms with Crippen LogP contribution in [0, 0.1) is 29.6 Å². The molecule has 1 fully saturated rings. The minimum Gasteiger partial charge on any atom is -0.481 e. The number of hydrogen-bond donors (Lipinski definition) is 3. The van der Waals surface area contributed by atoms with Gasteiger partial charge in [-0.15, -0.1) is 0 Å². The fourth-order valence-corrected chi connectivity index (χ4v) is 2.97. The predicted molar refractivity (Wildman–Crippen MR) is 64.6 cm³/mol. The molecule has 5 heteroatoms. The number of carboxylic acids is 1. The largest absolute Gasteiger partial charge is 0.481 e. The summed E-state index contributed by atoms with van der Waals surface area (Å²) in [6, 6.07) is 0. The number of aliphatic hydroxyl groups is 1. The Bertz CT molecular complexity index is 379. The molecular weight excluding hydrogens is 234 g/mol. The first-order chi connectivity index (χ1) is 8.54. The van der Waals surface area contributed by atoms with E-state index in [-0.39, 0.29) is 30.3 Å². The quantitative estimate of drug-likeness (QED) is 0.613. The number of rotatable bonds is 5.